The molecular formula is C17H25Cl2N4O3+. The summed E-state index contributed by atoms with van der Waals surface area (Å²) in [5.41, 5.74) is 0.535. The van der Waals surface area contributed by atoms with E-state index in [2.05, 4.69) is 10.6 Å². The molecule has 0 aliphatic rings. The number of quaternary nitrogens is 1. The molecule has 0 heterocycles. The lowest BCUT2D eigenvalue weighted by molar-refractivity contribution is -0.862. The summed E-state index contributed by atoms with van der Waals surface area (Å²) >= 11 is 11.7. The van der Waals surface area contributed by atoms with Crippen LogP contribution in [0.2, 0.25) is 10.0 Å². The third-order valence-electron chi connectivity index (χ3n) is 3.50. The maximum atomic E-state index is 12.1. The van der Waals surface area contributed by atoms with Crippen LogP contribution in [-0.2, 0) is 14.4 Å². The van der Waals surface area contributed by atoms with Crippen molar-refractivity contribution in [1.29, 1.82) is 0 Å². The number of hydrogen-bond donors (Lipinski definition) is 3. The topological polar surface area (TPSA) is 83.0 Å². The lowest BCUT2D eigenvalue weighted by Crippen LogP contribution is -3.11. The molecule has 0 fully saturated rings. The van der Waals surface area contributed by atoms with E-state index in [4.69, 9.17) is 23.2 Å². The van der Waals surface area contributed by atoms with E-state index in [0.717, 1.165) is 6.42 Å². The van der Waals surface area contributed by atoms with Gasteiger partial charge in [-0.05, 0) is 24.6 Å². The first-order chi connectivity index (χ1) is 12.2. The van der Waals surface area contributed by atoms with E-state index in [0.29, 0.717) is 27.2 Å². The first-order valence-corrected chi connectivity index (χ1v) is 9.05. The monoisotopic (exact) mass is 403 g/mol. The van der Waals surface area contributed by atoms with E-state index in [1.54, 1.807) is 32.3 Å². The number of nitrogens with zero attached hydrogens (tertiary/aromatic N) is 1. The average molecular weight is 404 g/mol. The van der Waals surface area contributed by atoms with E-state index in [-0.39, 0.29) is 37.4 Å². The molecule has 1 atom stereocenters. The van der Waals surface area contributed by atoms with Gasteiger partial charge in [0.1, 0.15) is 0 Å². The summed E-state index contributed by atoms with van der Waals surface area (Å²) in [5, 5.41) is 6.18. The predicted molar refractivity (Wildman–Crippen MR) is 103 cm³/mol. The Morgan fingerprint density at radius 1 is 1.12 bits per heavy atom. The second-order valence-electron chi connectivity index (χ2n) is 6.09. The summed E-state index contributed by atoms with van der Waals surface area (Å²) in [4.78, 5) is 37.9. The van der Waals surface area contributed by atoms with Crippen LogP contribution in [0.3, 0.4) is 0 Å². The van der Waals surface area contributed by atoms with Crippen LogP contribution in [0.25, 0.3) is 0 Å². The molecule has 0 bridgehead atoms. The SMILES string of the molecule is CCCNC(=O)CN(C)C(=O)C[NH+](C)CC(=O)Nc1ccc(Cl)c(Cl)c1. The molecule has 0 saturated carbocycles. The molecule has 0 spiro atoms. The van der Waals surface area contributed by atoms with E-state index in [1.165, 1.54) is 4.90 Å². The fourth-order valence-electron chi connectivity index (χ4n) is 2.13. The van der Waals surface area contributed by atoms with Crippen molar-refractivity contribution < 1.29 is 19.3 Å². The molecule has 144 valence electrons. The van der Waals surface area contributed by atoms with Gasteiger partial charge in [-0.3, -0.25) is 14.4 Å². The number of carbonyl (C=O) groups is 3. The molecule has 3 amide bonds. The lowest BCUT2D eigenvalue weighted by Gasteiger charge is -2.19. The van der Waals surface area contributed by atoms with Crippen molar-refractivity contribution in [3.63, 3.8) is 0 Å². The maximum Gasteiger partial charge on any atom is 0.279 e. The summed E-state index contributed by atoms with van der Waals surface area (Å²) in [6.07, 6.45) is 0.838. The maximum absolute atomic E-state index is 12.1. The minimum absolute atomic E-state index is 0.00157. The fourth-order valence-corrected chi connectivity index (χ4v) is 2.43. The lowest BCUT2D eigenvalue weighted by atomic mass is 10.3. The van der Waals surface area contributed by atoms with Crippen LogP contribution in [0.1, 0.15) is 13.3 Å². The number of amides is 3. The van der Waals surface area contributed by atoms with Gasteiger partial charge in [-0.25, -0.2) is 0 Å². The largest absolute Gasteiger partial charge is 0.355 e. The van der Waals surface area contributed by atoms with Crippen LogP contribution in [0.5, 0.6) is 0 Å². The highest BCUT2D eigenvalue weighted by atomic mass is 35.5. The Morgan fingerprint density at radius 2 is 1.81 bits per heavy atom. The standard InChI is InChI=1S/C17H24Cl2N4O3/c1-4-7-20-15(24)10-23(3)17(26)11-22(2)9-16(25)21-12-5-6-13(18)14(19)8-12/h5-6,8H,4,7,9-11H2,1-3H3,(H,20,24)(H,21,25)/p+1. The highest BCUT2D eigenvalue weighted by molar-refractivity contribution is 6.42. The number of nitrogens with one attached hydrogen (secondary N) is 3. The minimum atomic E-state index is -0.253. The molecule has 26 heavy (non-hydrogen) atoms. The molecule has 7 nitrogen and oxygen atoms in total. The van der Waals surface area contributed by atoms with Gasteiger partial charge in [0.25, 0.3) is 11.8 Å². The summed E-state index contributed by atoms with van der Waals surface area (Å²) in [6, 6.07) is 4.80. The van der Waals surface area contributed by atoms with Crippen LogP contribution in [0.15, 0.2) is 18.2 Å². The molecule has 9 heteroatoms. The van der Waals surface area contributed by atoms with E-state index >= 15 is 0 Å². The predicted octanol–water partition coefficient (Wildman–Crippen LogP) is 0.431. The van der Waals surface area contributed by atoms with Crippen molar-refractivity contribution in [3.8, 4) is 0 Å². The Kier molecular flexibility index (Phi) is 9.40. The second kappa shape index (κ2) is 11.0. The smallest absolute Gasteiger partial charge is 0.279 e. The van der Waals surface area contributed by atoms with Gasteiger partial charge in [0.05, 0.1) is 23.6 Å². The molecule has 1 aromatic carbocycles. The third kappa shape index (κ3) is 8.03. The Morgan fingerprint density at radius 3 is 2.42 bits per heavy atom. The van der Waals surface area contributed by atoms with Crippen LogP contribution in [0, 0.1) is 0 Å². The number of carbonyl (C=O) groups excluding carboxylic acids is 3. The number of halogens is 2. The van der Waals surface area contributed by atoms with Crippen LogP contribution >= 0.6 is 23.2 Å². The van der Waals surface area contributed by atoms with Gasteiger partial charge in [-0.2, -0.15) is 0 Å². The molecule has 3 N–H and O–H groups in total. The van der Waals surface area contributed by atoms with Gasteiger partial charge in [-0.1, -0.05) is 30.1 Å². The second-order valence-corrected chi connectivity index (χ2v) is 6.90. The highest BCUT2D eigenvalue weighted by Gasteiger charge is 2.19. The quantitative estimate of drug-likeness (QED) is 0.559. The first-order valence-electron chi connectivity index (χ1n) is 8.29. The van der Waals surface area contributed by atoms with Crippen molar-refractivity contribution >= 4 is 46.6 Å². The Hall–Kier alpha value is -1.83. The molecule has 0 aromatic heterocycles. The molecule has 1 rings (SSSR count). The Bertz CT molecular complexity index is 655. The Labute approximate surface area is 163 Å². The van der Waals surface area contributed by atoms with Crippen molar-refractivity contribution in [3.05, 3.63) is 28.2 Å². The van der Waals surface area contributed by atoms with Crippen molar-refractivity contribution in [1.82, 2.24) is 10.2 Å². The number of likely N-dealkylation sites (N-methyl/N-ethyl adjacent to an activating group) is 2. The van der Waals surface area contributed by atoms with Crippen molar-refractivity contribution in [2.75, 3.05) is 45.6 Å². The zero-order valence-corrected chi connectivity index (χ0v) is 16.7. The van der Waals surface area contributed by atoms with Gasteiger partial charge in [0.2, 0.25) is 5.91 Å². The molecule has 0 aliphatic carbocycles. The molecule has 1 unspecified atom stereocenters. The van der Waals surface area contributed by atoms with Gasteiger partial charge < -0.3 is 20.4 Å². The van der Waals surface area contributed by atoms with E-state index in [1.807, 2.05) is 6.92 Å². The number of hydrogen-bond acceptors (Lipinski definition) is 3. The number of benzene rings is 1. The average Bonchev–Trinajstić information content (AvgIpc) is 2.55. The zero-order valence-electron chi connectivity index (χ0n) is 15.2. The summed E-state index contributed by atoms with van der Waals surface area (Å²) in [5.74, 6) is -0.661. The van der Waals surface area contributed by atoms with Gasteiger partial charge in [0.15, 0.2) is 13.1 Å². The molecule has 0 radical (unpaired) electrons. The summed E-state index contributed by atoms with van der Waals surface area (Å²) in [6.45, 7) is 2.74. The van der Waals surface area contributed by atoms with Crippen molar-refractivity contribution in [2.24, 2.45) is 0 Å². The fraction of sp³-hybridized carbons (Fsp3) is 0.471. The van der Waals surface area contributed by atoms with Gasteiger partial charge in [0, 0.05) is 19.3 Å². The summed E-state index contributed by atoms with van der Waals surface area (Å²) in [7, 11) is 3.30. The zero-order chi connectivity index (χ0) is 19.7. The van der Waals surface area contributed by atoms with Crippen molar-refractivity contribution in [2.45, 2.75) is 13.3 Å². The normalized spacial score (nSPS) is 11.6. The molecule has 0 aliphatic heterocycles. The van der Waals surface area contributed by atoms with Gasteiger partial charge in [-0.15, -0.1) is 0 Å². The molecular weight excluding hydrogens is 379 g/mol. The van der Waals surface area contributed by atoms with E-state index in [9.17, 15) is 14.4 Å². The first kappa shape index (κ1) is 22.2. The highest BCUT2D eigenvalue weighted by Crippen LogP contribution is 2.24. The van der Waals surface area contributed by atoms with E-state index < -0.39 is 0 Å². The number of rotatable bonds is 9. The third-order valence-corrected chi connectivity index (χ3v) is 4.24. The van der Waals surface area contributed by atoms with Crippen LogP contribution < -0.4 is 15.5 Å². The van der Waals surface area contributed by atoms with Crippen LogP contribution in [0.4, 0.5) is 5.69 Å². The molecule has 1 aromatic rings. The van der Waals surface area contributed by atoms with Gasteiger partial charge >= 0.3 is 0 Å². The Balaban J connectivity index is 2.42. The minimum Gasteiger partial charge on any atom is -0.355 e. The summed E-state index contributed by atoms with van der Waals surface area (Å²) < 4.78 is 0. The number of anilines is 1. The molecule has 0 saturated heterocycles. The van der Waals surface area contributed by atoms with Crippen LogP contribution in [-0.4, -0.2) is 62.9 Å².